The fourth-order valence-corrected chi connectivity index (χ4v) is 3.49. The van der Waals surface area contributed by atoms with Crippen molar-refractivity contribution in [3.63, 3.8) is 0 Å². The van der Waals surface area contributed by atoms with E-state index >= 15 is 0 Å². The van der Waals surface area contributed by atoms with Crippen molar-refractivity contribution >= 4 is 5.78 Å². The number of carbonyl (C=O) groups is 1. The zero-order valence-corrected chi connectivity index (χ0v) is 12.0. The SMILES string of the molecule is CC1=CC[C@@H]2[C@@H](C)C[C@@]3(C=C(C)C(OO)O3)O[C@H]2C1=O. The van der Waals surface area contributed by atoms with Crippen LogP contribution in [0.5, 0.6) is 0 Å². The Morgan fingerprint density at radius 1 is 1.40 bits per heavy atom. The normalized spacial score (nSPS) is 44.3. The molecule has 0 aromatic heterocycles. The molecule has 3 rings (SSSR count). The van der Waals surface area contributed by atoms with E-state index in [4.69, 9.17) is 14.7 Å². The summed E-state index contributed by atoms with van der Waals surface area (Å²) in [5, 5.41) is 8.85. The van der Waals surface area contributed by atoms with Gasteiger partial charge in [0, 0.05) is 6.42 Å². The van der Waals surface area contributed by atoms with Gasteiger partial charge in [-0.25, -0.2) is 10.1 Å². The zero-order valence-electron chi connectivity index (χ0n) is 12.0. The third-order valence-corrected chi connectivity index (χ3v) is 4.62. The Hall–Kier alpha value is -1.01. The van der Waals surface area contributed by atoms with Gasteiger partial charge in [-0.15, -0.1) is 0 Å². The molecule has 5 atom stereocenters. The molecule has 0 bridgehead atoms. The van der Waals surface area contributed by atoms with Crippen molar-refractivity contribution in [3.05, 3.63) is 23.3 Å². The van der Waals surface area contributed by atoms with Gasteiger partial charge >= 0.3 is 0 Å². The van der Waals surface area contributed by atoms with Crippen LogP contribution in [-0.4, -0.2) is 29.2 Å². The number of fused-ring (bicyclic) bond motifs is 1. The molecule has 1 fully saturated rings. The van der Waals surface area contributed by atoms with Crippen LogP contribution in [0.2, 0.25) is 0 Å². The van der Waals surface area contributed by atoms with Gasteiger partial charge in [-0.1, -0.05) is 13.0 Å². The van der Waals surface area contributed by atoms with Crippen LogP contribution in [0, 0.1) is 11.8 Å². The molecule has 0 aromatic rings. The molecule has 0 amide bonds. The van der Waals surface area contributed by atoms with Crippen molar-refractivity contribution in [3.8, 4) is 0 Å². The molecular formula is C15H20O5. The number of allylic oxidation sites excluding steroid dienone is 1. The van der Waals surface area contributed by atoms with Gasteiger partial charge in [0.2, 0.25) is 6.29 Å². The highest BCUT2D eigenvalue weighted by molar-refractivity contribution is 5.99. The smallest absolute Gasteiger partial charge is 0.216 e. The highest BCUT2D eigenvalue weighted by Gasteiger charge is 2.52. The Balaban J connectivity index is 1.89. The van der Waals surface area contributed by atoms with E-state index in [-0.39, 0.29) is 11.7 Å². The summed E-state index contributed by atoms with van der Waals surface area (Å²) in [5.41, 5.74) is 1.51. The van der Waals surface area contributed by atoms with Gasteiger partial charge in [0.25, 0.3) is 0 Å². The number of carbonyl (C=O) groups excluding carboxylic acids is 1. The lowest BCUT2D eigenvalue weighted by Crippen LogP contribution is -2.52. The summed E-state index contributed by atoms with van der Waals surface area (Å²) in [6.07, 6.45) is 4.06. The summed E-state index contributed by atoms with van der Waals surface area (Å²) in [4.78, 5) is 16.6. The van der Waals surface area contributed by atoms with E-state index in [0.29, 0.717) is 12.3 Å². The third-order valence-electron chi connectivity index (χ3n) is 4.62. The molecule has 3 aliphatic rings. The Morgan fingerprint density at radius 2 is 2.15 bits per heavy atom. The summed E-state index contributed by atoms with van der Waals surface area (Å²) in [6.45, 7) is 5.75. The van der Waals surface area contributed by atoms with Gasteiger partial charge < -0.3 is 9.47 Å². The first-order chi connectivity index (χ1) is 9.46. The van der Waals surface area contributed by atoms with Gasteiger partial charge in [0.1, 0.15) is 6.10 Å². The van der Waals surface area contributed by atoms with Crippen molar-refractivity contribution < 1.29 is 24.4 Å². The largest absolute Gasteiger partial charge is 0.334 e. The van der Waals surface area contributed by atoms with Crippen molar-refractivity contribution in [2.45, 2.75) is 51.8 Å². The van der Waals surface area contributed by atoms with E-state index in [9.17, 15) is 4.79 Å². The summed E-state index contributed by atoms with van der Waals surface area (Å²) in [7, 11) is 0. The molecule has 2 aliphatic heterocycles. The number of Topliss-reactive ketones (excluding diaryl/α,β-unsaturated/α-hetero) is 1. The molecule has 110 valence electrons. The quantitative estimate of drug-likeness (QED) is 0.454. The summed E-state index contributed by atoms with van der Waals surface area (Å²) >= 11 is 0. The van der Waals surface area contributed by atoms with E-state index in [0.717, 1.165) is 17.6 Å². The second-order valence-electron chi connectivity index (χ2n) is 6.13. The number of hydrogen-bond donors (Lipinski definition) is 1. The topological polar surface area (TPSA) is 65.0 Å². The van der Waals surface area contributed by atoms with Crippen LogP contribution < -0.4 is 0 Å². The lowest BCUT2D eigenvalue weighted by Gasteiger charge is -2.45. The molecule has 0 aromatic carbocycles. The van der Waals surface area contributed by atoms with Gasteiger partial charge in [0.15, 0.2) is 11.6 Å². The van der Waals surface area contributed by atoms with Gasteiger partial charge in [-0.2, -0.15) is 0 Å². The number of ether oxygens (including phenoxy) is 2. The number of ketones is 1. The minimum absolute atomic E-state index is 0.0372. The molecule has 5 nitrogen and oxygen atoms in total. The lowest BCUT2D eigenvalue weighted by atomic mass is 9.74. The second kappa shape index (κ2) is 4.77. The fourth-order valence-electron chi connectivity index (χ4n) is 3.49. The number of rotatable bonds is 1. The lowest BCUT2D eigenvalue weighted by molar-refractivity contribution is -0.379. The first-order valence-corrected chi connectivity index (χ1v) is 7.02. The molecule has 5 heteroatoms. The molecule has 0 radical (unpaired) electrons. The van der Waals surface area contributed by atoms with Crippen molar-refractivity contribution in [1.82, 2.24) is 0 Å². The fraction of sp³-hybridized carbons (Fsp3) is 0.667. The van der Waals surface area contributed by atoms with E-state index in [1.165, 1.54) is 0 Å². The Labute approximate surface area is 118 Å². The maximum absolute atomic E-state index is 12.3. The molecular weight excluding hydrogens is 260 g/mol. The van der Waals surface area contributed by atoms with E-state index in [1.807, 2.05) is 26.0 Å². The predicted molar refractivity (Wildman–Crippen MR) is 70.6 cm³/mol. The number of hydrogen-bond acceptors (Lipinski definition) is 5. The summed E-state index contributed by atoms with van der Waals surface area (Å²) < 4.78 is 11.7. The Bertz CT molecular complexity index is 494. The summed E-state index contributed by atoms with van der Waals surface area (Å²) in [6, 6.07) is 0. The molecule has 1 N–H and O–H groups in total. The van der Waals surface area contributed by atoms with Crippen LogP contribution in [0.4, 0.5) is 0 Å². The van der Waals surface area contributed by atoms with Gasteiger partial charge in [-0.3, -0.25) is 4.79 Å². The standard InChI is InChI=1S/C15H20O5/c1-8-4-5-11-9(2)6-15(18-13(11)12(8)16)7-10(3)14(19-15)20-17/h4,7,9,11,13-14,17H,5-6H2,1-3H3/t9-,11+,13+,14?,15+/m0/s1. The summed E-state index contributed by atoms with van der Waals surface area (Å²) in [5.74, 6) is -0.423. The molecule has 1 spiro atoms. The van der Waals surface area contributed by atoms with Crippen LogP contribution >= 0.6 is 0 Å². The molecule has 1 aliphatic carbocycles. The van der Waals surface area contributed by atoms with Crippen LogP contribution in [-0.2, 0) is 19.2 Å². The van der Waals surface area contributed by atoms with Crippen LogP contribution in [0.15, 0.2) is 23.3 Å². The Kier molecular flexibility index (Phi) is 3.33. The van der Waals surface area contributed by atoms with E-state index in [2.05, 4.69) is 11.8 Å². The third kappa shape index (κ3) is 2.05. The first kappa shape index (κ1) is 13.9. The second-order valence-corrected chi connectivity index (χ2v) is 6.13. The highest BCUT2D eigenvalue weighted by atomic mass is 17.1. The van der Waals surface area contributed by atoms with Crippen molar-refractivity contribution in [1.29, 1.82) is 0 Å². The van der Waals surface area contributed by atoms with E-state index in [1.54, 1.807) is 0 Å². The van der Waals surface area contributed by atoms with Gasteiger partial charge in [0.05, 0.1) is 0 Å². The Morgan fingerprint density at radius 3 is 2.80 bits per heavy atom. The average molecular weight is 280 g/mol. The maximum atomic E-state index is 12.3. The van der Waals surface area contributed by atoms with Crippen LogP contribution in [0.1, 0.15) is 33.6 Å². The minimum atomic E-state index is -0.953. The maximum Gasteiger partial charge on any atom is 0.216 e. The van der Waals surface area contributed by atoms with Crippen molar-refractivity contribution in [2.75, 3.05) is 0 Å². The predicted octanol–water partition coefficient (Wildman–Crippen LogP) is 2.44. The monoisotopic (exact) mass is 280 g/mol. The van der Waals surface area contributed by atoms with Crippen LogP contribution in [0.3, 0.4) is 0 Å². The molecule has 0 saturated carbocycles. The molecule has 1 saturated heterocycles. The van der Waals surface area contributed by atoms with Gasteiger partial charge in [-0.05, 0) is 49.3 Å². The molecule has 20 heavy (non-hydrogen) atoms. The average Bonchev–Trinajstić information content (AvgIpc) is 2.70. The van der Waals surface area contributed by atoms with Crippen molar-refractivity contribution in [2.24, 2.45) is 11.8 Å². The zero-order chi connectivity index (χ0) is 14.5. The minimum Gasteiger partial charge on any atom is -0.334 e. The van der Waals surface area contributed by atoms with Crippen LogP contribution in [0.25, 0.3) is 0 Å². The molecule has 2 heterocycles. The van der Waals surface area contributed by atoms with E-state index < -0.39 is 18.2 Å². The molecule has 1 unspecified atom stereocenters. The highest BCUT2D eigenvalue weighted by Crippen LogP contribution is 2.46. The first-order valence-electron chi connectivity index (χ1n) is 7.02.